The zero-order valence-corrected chi connectivity index (χ0v) is 12.6. The molecule has 1 heterocycles. The van der Waals surface area contributed by atoms with Gasteiger partial charge >= 0.3 is 0 Å². The van der Waals surface area contributed by atoms with E-state index in [2.05, 4.69) is 10.3 Å². The van der Waals surface area contributed by atoms with E-state index in [0.717, 1.165) is 16.1 Å². The van der Waals surface area contributed by atoms with Crippen LogP contribution in [-0.4, -0.2) is 24.5 Å². The normalized spacial score (nSPS) is 10.4. The molecule has 0 saturated heterocycles. The number of rotatable bonds is 4. The van der Waals surface area contributed by atoms with Gasteiger partial charge in [-0.25, -0.2) is 4.98 Å². The van der Waals surface area contributed by atoms with Crippen molar-refractivity contribution >= 4 is 34.0 Å². The molecule has 0 unspecified atom stereocenters. The molecule has 106 valence electrons. The maximum Gasteiger partial charge on any atom is 0.239 e. The van der Waals surface area contributed by atoms with Crippen LogP contribution in [0.2, 0.25) is 5.02 Å². The summed E-state index contributed by atoms with van der Waals surface area (Å²) in [5.41, 5.74) is 6.92. The average Bonchev–Trinajstić information content (AvgIpc) is 2.79. The summed E-state index contributed by atoms with van der Waals surface area (Å²) >= 11 is 7.51. The van der Waals surface area contributed by atoms with Gasteiger partial charge in [-0.05, 0) is 25.1 Å². The van der Waals surface area contributed by atoms with Crippen LogP contribution in [0.25, 0.3) is 11.3 Å². The summed E-state index contributed by atoms with van der Waals surface area (Å²) in [6, 6.07) is 5.45. The summed E-state index contributed by atoms with van der Waals surface area (Å²) in [6.07, 6.45) is 0. The van der Waals surface area contributed by atoms with Crippen molar-refractivity contribution in [1.82, 2.24) is 4.98 Å². The summed E-state index contributed by atoms with van der Waals surface area (Å²) in [6.45, 7) is 1.87. The van der Waals surface area contributed by atoms with E-state index in [1.807, 2.05) is 13.0 Å². The van der Waals surface area contributed by atoms with Crippen molar-refractivity contribution in [2.75, 3.05) is 19.0 Å². The lowest BCUT2D eigenvalue weighted by Gasteiger charge is -2.05. The van der Waals surface area contributed by atoms with Crippen molar-refractivity contribution in [3.8, 4) is 17.0 Å². The van der Waals surface area contributed by atoms with Crippen LogP contribution in [-0.2, 0) is 4.79 Å². The Morgan fingerprint density at radius 1 is 1.55 bits per heavy atom. The lowest BCUT2D eigenvalue weighted by molar-refractivity contribution is -0.114. The standard InChI is InChI=1S/C13H14ClN3O2S/c1-7-12(17-13(20-7)16-11(18)6-15)8-3-4-10(19-2)9(14)5-8/h3-5H,6,15H2,1-2H3,(H,16,17,18). The number of thiazole rings is 1. The Kier molecular flexibility index (Phi) is 4.59. The first-order valence-corrected chi connectivity index (χ1v) is 7.06. The molecule has 0 aliphatic heterocycles. The van der Waals surface area contributed by atoms with Crippen molar-refractivity contribution in [2.45, 2.75) is 6.92 Å². The third kappa shape index (κ3) is 3.09. The lowest BCUT2D eigenvalue weighted by Crippen LogP contribution is -2.21. The SMILES string of the molecule is COc1ccc(-c2nc(NC(=O)CN)sc2C)cc1Cl. The van der Waals surface area contributed by atoms with E-state index >= 15 is 0 Å². The number of ether oxygens (including phenoxy) is 1. The molecule has 1 aromatic heterocycles. The van der Waals surface area contributed by atoms with Crippen molar-refractivity contribution in [3.63, 3.8) is 0 Å². The summed E-state index contributed by atoms with van der Waals surface area (Å²) in [5, 5.41) is 3.69. The highest BCUT2D eigenvalue weighted by Crippen LogP contribution is 2.34. The minimum atomic E-state index is -0.266. The highest BCUT2D eigenvalue weighted by Gasteiger charge is 2.13. The largest absolute Gasteiger partial charge is 0.495 e. The molecule has 0 aliphatic carbocycles. The predicted octanol–water partition coefficient (Wildman–Crippen LogP) is 2.68. The molecule has 0 radical (unpaired) electrons. The van der Waals surface area contributed by atoms with Crippen LogP contribution in [0.4, 0.5) is 5.13 Å². The Hall–Kier alpha value is -1.63. The van der Waals surface area contributed by atoms with E-state index in [9.17, 15) is 4.79 Å². The third-order valence-electron chi connectivity index (χ3n) is 2.65. The van der Waals surface area contributed by atoms with Gasteiger partial charge in [-0.3, -0.25) is 4.79 Å². The number of carbonyl (C=O) groups is 1. The molecule has 3 N–H and O–H groups in total. The van der Waals surface area contributed by atoms with Gasteiger partial charge in [0.05, 0.1) is 24.4 Å². The fourth-order valence-electron chi connectivity index (χ4n) is 1.70. The number of halogens is 1. The van der Waals surface area contributed by atoms with Gasteiger partial charge in [-0.1, -0.05) is 11.6 Å². The number of hydrogen-bond donors (Lipinski definition) is 2. The van der Waals surface area contributed by atoms with E-state index in [1.165, 1.54) is 11.3 Å². The van der Waals surface area contributed by atoms with Gasteiger partial charge < -0.3 is 15.8 Å². The fraction of sp³-hybridized carbons (Fsp3) is 0.231. The van der Waals surface area contributed by atoms with E-state index in [1.54, 1.807) is 19.2 Å². The molecule has 0 atom stereocenters. The van der Waals surface area contributed by atoms with Gasteiger partial charge in [0.2, 0.25) is 5.91 Å². The Labute approximate surface area is 125 Å². The number of methoxy groups -OCH3 is 1. The zero-order valence-electron chi connectivity index (χ0n) is 11.1. The molecule has 0 saturated carbocycles. The van der Waals surface area contributed by atoms with Crippen molar-refractivity contribution in [2.24, 2.45) is 5.73 Å². The minimum absolute atomic E-state index is 0.0671. The van der Waals surface area contributed by atoms with Crippen LogP contribution in [0.1, 0.15) is 4.88 Å². The predicted molar refractivity (Wildman–Crippen MR) is 81.5 cm³/mol. The van der Waals surface area contributed by atoms with E-state index in [4.69, 9.17) is 22.1 Å². The van der Waals surface area contributed by atoms with Crippen LogP contribution in [0.15, 0.2) is 18.2 Å². The van der Waals surface area contributed by atoms with Gasteiger partial charge in [-0.2, -0.15) is 0 Å². The van der Waals surface area contributed by atoms with Crippen molar-refractivity contribution in [3.05, 3.63) is 28.1 Å². The Morgan fingerprint density at radius 2 is 2.30 bits per heavy atom. The lowest BCUT2D eigenvalue weighted by atomic mass is 10.1. The number of nitrogens with two attached hydrogens (primary N) is 1. The molecule has 1 amide bonds. The molecule has 7 heteroatoms. The van der Waals surface area contributed by atoms with Gasteiger partial charge in [0.15, 0.2) is 5.13 Å². The number of anilines is 1. The molecule has 0 aliphatic rings. The Bertz CT molecular complexity index is 643. The monoisotopic (exact) mass is 311 g/mol. The minimum Gasteiger partial charge on any atom is -0.495 e. The topological polar surface area (TPSA) is 77.2 Å². The molecule has 1 aromatic carbocycles. The Morgan fingerprint density at radius 3 is 2.90 bits per heavy atom. The number of amides is 1. The third-order valence-corrected chi connectivity index (χ3v) is 3.84. The second-order valence-electron chi connectivity index (χ2n) is 4.03. The number of aryl methyl sites for hydroxylation is 1. The number of nitrogens with one attached hydrogen (secondary N) is 1. The summed E-state index contributed by atoms with van der Waals surface area (Å²) in [7, 11) is 1.56. The summed E-state index contributed by atoms with van der Waals surface area (Å²) < 4.78 is 5.12. The number of carbonyl (C=O) groups excluding carboxylic acids is 1. The Balaban J connectivity index is 2.33. The molecule has 2 rings (SSSR count). The second kappa shape index (κ2) is 6.21. The zero-order chi connectivity index (χ0) is 14.7. The smallest absolute Gasteiger partial charge is 0.239 e. The quantitative estimate of drug-likeness (QED) is 0.910. The van der Waals surface area contributed by atoms with E-state index in [0.29, 0.717) is 15.9 Å². The van der Waals surface area contributed by atoms with E-state index < -0.39 is 0 Å². The number of benzene rings is 1. The second-order valence-corrected chi connectivity index (χ2v) is 5.64. The maximum atomic E-state index is 11.3. The van der Waals surface area contributed by atoms with Crippen LogP contribution >= 0.6 is 22.9 Å². The highest BCUT2D eigenvalue weighted by atomic mass is 35.5. The molecular weight excluding hydrogens is 298 g/mol. The average molecular weight is 312 g/mol. The first kappa shape index (κ1) is 14.8. The van der Waals surface area contributed by atoms with Gasteiger partial charge in [0, 0.05) is 10.4 Å². The first-order chi connectivity index (χ1) is 9.55. The molecule has 0 spiro atoms. The van der Waals surface area contributed by atoms with Gasteiger partial charge in [0.25, 0.3) is 0 Å². The molecule has 20 heavy (non-hydrogen) atoms. The summed E-state index contributed by atoms with van der Waals surface area (Å²) in [4.78, 5) is 16.6. The molecule has 0 fully saturated rings. The van der Waals surface area contributed by atoms with Crippen molar-refractivity contribution in [1.29, 1.82) is 0 Å². The van der Waals surface area contributed by atoms with Crippen LogP contribution < -0.4 is 15.8 Å². The van der Waals surface area contributed by atoms with Crippen LogP contribution in [0.3, 0.4) is 0 Å². The fourth-order valence-corrected chi connectivity index (χ4v) is 2.81. The van der Waals surface area contributed by atoms with Crippen molar-refractivity contribution < 1.29 is 9.53 Å². The molecule has 2 aromatic rings. The van der Waals surface area contributed by atoms with Crippen LogP contribution in [0, 0.1) is 6.92 Å². The first-order valence-electron chi connectivity index (χ1n) is 5.86. The maximum absolute atomic E-state index is 11.3. The molecule has 5 nitrogen and oxygen atoms in total. The van der Waals surface area contributed by atoms with E-state index in [-0.39, 0.29) is 12.5 Å². The van der Waals surface area contributed by atoms with Gasteiger partial charge in [0.1, 0.15) is 5.75 Å². The number of hydrogen-bond acceptors (Lipinski definition) is 5. The number of nitrogens with zero attached hydrogens (tertiary/aromatic N) is 1. The van der Waals surface area contributed by atoms with Crippen LogP contribution in [0.5, 0.6) is 5.75 Å². The highest BCUT2D eigenvalue weighted by molar-refractivity contribution is 7.16. The summed E-state index contributed by atoms with van der Waals surface area (Å²) in [5.74, 6) is 0.345. The molecular formula is C13H14ClN3O2S. The molecule has 0 bridgehead atoms. The number of aromatic nitrogens is 1. The van der Waals surface area contributed by atoms with Gasteiger partial charge in [-0.15, -0.1) is 11.3 Å².